The molecule has 2 aliphatic rings. The van der Waals surface area contributed by atoms with Gasteiger partial charge >= 0.3 is 0 Å². The molecule has 5 nitrogen and oxygen atoms in total. The van der Waals surface area contributed by atoms with Crippen molar-refractivity contribution in [3.8, 4) is 0 Å². The van der Waals surface area contributed by atoms with Crippen LogP contribution in [-0.2, 0) is 15.9 Å². The van der Waals surface area contributed by atoms with Crippen LogP contribution >= 0.6 is 11.3 Å². The Morgan fingerprint density at radius 2 is 2.22 bits per heavy atom. The lowest BCUT2D eigenvalue weighted by Gasteiger charge is -2.23. The summed E-state index contributed by atoms with van der Waals surface area (Å²) in [6.45, 7) is 3.36. The predicted octanol–water partition coefficient (Wildman–Crippen LogP) is 2.17. The van der Waals surface area contributed by atoms with Gasteiger partial charge in [0.25, 0.3) is 5.91 Å². The number of fused-ring (bicyclic) bond motifs is 1. The Morgan fingerprint density at radius 1 is 1.39 bits per heavy atom. The zero-order chi connectivity index (χ0) is 16.4. The van der Waals surface area contributed by atoms with Crippen molar-refractivity contribution in [3.05, 3.63) is 21.4 Å². The van der Waals surface area contributed by atoms with Crippen LogP contribution in [0.25, 0.3) is 0 Å². The first-order valence-electron chi connectivity index (χ1n) is 8.28. The third-order valence-electron chi connectivity index (χ3n) is 4.88. The molecule has 3 rings (SSSR count). The molecule has 128 valence electrons. The van der Waals surface area contributed by atoms with E-state index in [9.17, 15) is 4.79 Å². The normalized spacial score (nSPS) is 25.4. The summed E-state index contributed by atoms with van der Waals surface area (Å²) in [5.41, 5.74) is 1.20. The van der Waals surface area contributed by atoms with Gasteiger partial charge in [-0.05, 0) is 37.9 Å². The molecule has 0 spiro atoms. The lowest BCUT2D eigenvalue weighted by molar-refractivity contribution is 0.0633. The molecule has 3 heterocycles. The summed E-state index contributed by atoms with van der Waals surface area (Å²) in [7, 11) is 5.57. The van der Waals surface area contributed by atoms with E-state index < -0.39 is 0 Å². The quantitative estimate of drug-likeness (QED) is 0.844. The number of methoxy groups -OCH3 is 2. The monoisotopic (exact) mass is 338 g/mol. The SMILES string of the molecule is COC[C@@H]1CCCN1C(=O)c1cc2c(s1)CCN(C)CC2OC. The van der Waals surface area contributed by atoms with Crippen molar-refractivity contribution in [3.63, 3.8) is 0 Å². The largest absolute Gasteiger partial charge is 0.383 e. The van der Waals surface area contributed by atoms with E-state index in [0.29, 0.717) is 6.61 Å². The number of likely N-dealkylation sites (tertiary alicyclic amines) is 1. The molecule has 6 heteroatoms. The van der Waals surface area contributed by atoms with Crippen LogP contribution in [-0.4, -0.2) is 69.3 Å². The number of thiophene rings is 1. The fraction of sp³-hybridized carbons (Fsp3) is 0.706. The van der Waals surface area contributed by atoms with Gasteiger partial charge in [-0.25, -0.2) is 0 Å². The first-order valence-corrected chi connectivity index (χ1v) is 9.09. The molecule has 23 heavy (non-hydrogen) atoms. The van der Waals surface area contributed by atoms with Crippen LogP contribution in [0.5, 0.6) is 0 Å². The molecule has 0 aliphatic carbocycles. The number of hydrogen-bond donors (Lipinski definition) is 0. The van der Waals surface area contributed by atoms with Crippen molar-refractivity contribution in [2.24, 2.45) is 0 Å². The lowest BCUT2D eigenvalue weighted by atomic mass is 10.1. The molecule has 0 N–H and O–H groups in total. The number of carbonyl (C=O) groups excluding carboxylic acids is 1. The molecule has 0 radical (unpaired) electrons. The second-order valence-corrected chi connectivity index (χ2v) is 7.61. The van der Waals surface area contributed by atoms with E-state index in [4.69, 9.17) is 9.47 Å². The van der Waals surface area contributed by atoms with Gasteiger partial charge in [-0.3, -0.25) is 4.79 Å². The topological polar surface area (TPSA) is 42.0 Å². The third kappa shape index (κ3) is 3.45. The fourth-order valence-corrected chi connectivity index (χ4v) is 4.75. The van der Waals surface area contributed by atoms with E-state index in [1.165, 1.54) is 10.4 Å². The Bertz CT molecular complexity index is 560. The van der Waals surface area contributed by atoms with E-state index in [0.717, 1.165) is 43.8 Å². The molecular formula is C17H26N2O3S. The van der Waals surface area contributed by atoms with E-state index >= 15 is 0 Å². The molecule has 1 aromatic rings. The Hall–Kier alpha value is -0.950. The maximum atomic E-state index is 12.9. The molecule has 1 fully saturated rings. The van der Waals surface area contributed by atoms with Crippen LogP contribution < -0.4 is 0 Å². The van der Waals surface area contributed by atoms with E-state index in [2.05, 4.69) is 18.0 Å². The van der Waals surface area contributed by atoms with Gasteiger partial charge < -0.3 is 19.3 Å². The van der Waals surface area contributed by atoms with Crippen LogP contribution in [0.15, 0.2) is 6.07 Å². The summed E-state index contributed by atoms with van der Waals surface area (Å²) >= 11 is 1.65. The summed E-state index contributed by atoms with van der Waals surface area (Å²) < 4.78 is 10.9. The summed E-state index contributed by atoms with van der Waals surface area (Å²) in [4.78, 5) is 19.4. The van der Waals surface area contributed by atoms with Gasteiger partial charge in [0.2, 0.25) is 0 Å². The zero-order valence-electron chi connectivity index (χ0n) is 14.2. The first-order chi connectivity index (χ1) is 11.1. The number of likely N-dealkylation sites (N-methyl/N-ethyl adjacent to an activating group) is 1. The van der Waals surface area contributed by atoms with Crippen molar-refractivity contribution in [1.29, 1.82) is 0 Å². The maximum absolute atomic E-state index is 12.9. The average Bonchev–Trinajstić information content (AvgIpc) is 3.14. The summed E-state index contributed by atoms with van der Waals surface area (Å²) in [5, 5.41) is 0. The first kappa shape index (κ1) is 16.9. The van der Waals surface area contributed by atoms with E-state index in [1.807, 2.05) is 4.90 Å². The zero-order valence-corrected chi connectivity index (χ0v) is 15.0. The van der Waals surface area contributed by atoms with E-state index in [1.54, 1.807) is 25.6 Å². The van der Waals surface area contributed by atoms with Crippen LogP contribution in [0.3, 0.4) is 0 Å². The van der Waals surface area contributed by atoms with Crippen molar-refractivity contribution < 1.29 is 14.3 Å². The van der Waals surface area contributed by atoms with E-state index in [-0.39, 0.29) is 18.1 Å². The Kier molecular flexibility index (Phi) is 5.36. The molecular weight excluding hydrogens is 312 g/mol. The highest BCUT2D eigenvalue weighted by Crippen LogP contribution is 2.34. The van der Waals surface area contributed by atoms with Gasteiger partial charge in [-0.2, -0.15) is 0 Å². The number of nitrogens with zero attached hydrogens (tertiary/aromatic N) is 2. The predicted molar refractivity (Wildman–Crippen MR) is 91.2 cm³/mol. The van der Waals surface area contributed by atoms with Crippen LogP contribution in [0.2, 0.25) is 0 Å². The Balaban J connectivity index is 1.82. The second-order valence-electron chi connectivity index (χ2n) is 6.48. The van der Waals surface area contributed by atoms with Gasteiger partial charge in [0.1, 0.15) is 0 Å². The highest BCUT2D eigenvalue weighted by molar-refractivity contribution is 7.14. The Labute approximate surface area is 142 Å². The molecule has 0 bridgehead atoms. The summed E-state index contributed by atoms with van der Waals surface area (Å²) in [6.07, 6.45) is 3.15. The standard InChI is InChI=1S/C17H26N2O3S/c1-18-8-6-15-13(14(10-18)22-3)9-16(23-15)17(20)19-7-4-5-12(19)11-21-2/h9,12,14H,4-8,10-11H2,1-3H3/t12-,14?/m0/s1. The number of ether oxygens (including phenoxy) is 2. The molecule has 1 aromatic heterocycles. The number of amides is 1. The van der Waals surface area contributed by atoms with Gasteiger partial charge in [0.15, 0.2) is 0 Å². The highest BCUT2D eigenvalue weighted by atomic mass is 32.1. The van der Waals surface area contributed by atoms with Gasteiger partial charge in [0, 0.05) is 38.7 Å². The summed E-state index contributed by atoms with van der Waals surface area (Å²) in [5.74, 6) is 0.158. The number of carbonyl (C=O) groups is 1. The van der Waals surface area contributed by atoms with Gasteiger partial charge in [0.05, 0.1) is 23.6 Å². The molecule has 1 amide bonds. The molecule has 0 aromatic carbocycles. The molecule has 2 aliphatic heterocycles. The average molecular weight is 338 g/mol. The minimum absolute atomic E-state index is 0.0589. The minimum atomic E-state index is 0.0589. The smallest absolute Gasteiger partial charge is 0.264 e. The molecule has 0 saturated carbocycles. The molecule has 1 unspecified atom stereocenters. The van der Waals surface area contributed by atoms with Crippen LogP contribution in [0.1, 0.15) is 39.1 Å². The fourth-order valence-electron chi connectivity index (χ4n) is 3.59. The van der Waals surface area contributed by atoms with Gasteiger partial charge in [-0.15, -0.1) is 11.3 Å². The third-order valence-corrected chi connectivity index (χ3v) is 6.08. The minimum Gasteiger partial charge on any atom is -0.383 e. The maximum Gasteiger partial charge on any atom is 0.264 e. The van der Waals surface area contributed by atoms with Crippen LogP contribution in [0, 0.1) is 0 Å². The number of hydrogen-bond acceptors (Lipinski definition) is 5. The highest BCUT2D eigenvalue weighted by Gasteiger charge is 2.32. The molecule has 2 atom stereocenters. The van der Waals surface area contributed by atoms with Crippen LogP contribution in [0.4, 0.5) is 0 Å². The van der Waals surface area contributed by atoms with Crippen molar-refractivity contribution >= 4 is 17.2 Å². The summed E-state index contributed by atoms with van der Waals surface area (Å²) in [6, 6.07) is 2.29. The van der Waals surface area contributed by atoms with Crippen molar-refractivity contribution in [2.75, 3.05) is 47.5 Å². The lowest BCUT2D eigenvalue weighted by Crippen LogP contribution is -2.37. The molecule has 1 saturated heterocycles. The number of rotatable bonds is 4. The van der Waals surface area contributed by atoms with Gasteiger partial charge in [-0.1, -0.05) is 0 Å². The van der Waals surface area contributed by atoms with Crippen molar-refractivity contribution in [2.45, 2.75) is 31.4 Å². The Morgan fingerprint density at radius 3 is 2.96 bits per heavy atom. The van der Waals surface area contributed by atoms with Crippen molar-refractivity contribution in [1.82, 2.24) is 9.80 Å². The second kappa shape index (κ2) is 7.30.